The van der Waals surface area contributed by atoms with E-state index < -0.39 is 0 Å². The van der Waals surface area contributed by atoms with Crippen LogP contribution in [-0.4, -0.2) is 47.8 Å². The molecule has 0 aliphatic carbocycles. The molecule has 0 saturated carbocycles. The Morgan fingerprint density at radius 3 is 2.65 bits per heavy atom. The molecule has 3 rings (SSSR count). The Morgan fingerprint density at radius 2 is 1.96 bits per heavy atom. The van der Waals surface area contributed by atoms with Gasteiger partial charge in [-0.2, -0.15) is 0 Å². The molecule has 1 aliphatic heterocycles. The van der Waals surface area contributed by atoms with Crippen LogP contribution >= 0.6 is 11.6 Å². The number of hydrogen-bond donors (Lipinski definition) is 0. The van der Waals surface area contributed by atoms with Crippen molar-refractivity contribution in [2.24, 2.45) is 7.05 Å². The molecule has 1 aromatic heterocycles. The molecule has 2 heterocycles. The van der Waals surface area contributed by atoms with Gasteiger partial charge in [-0.3, -0.25) is 4.90 Å². The Labute approximate surface area is 142 Å². The molecule has 0 N–H and O–H groups in total. The SMILES string of the molecule is CN(Cc1ccccc1N1CCOCC1)Cc1ncc(Cl)n1C. The van der Waals surface area contributed by atoms with Gasteiger partial charge in [0.05, 0.1) is 26.0 Å². The molecule has 0 spiro atoms. The molecule has 0 amide bonds. The van der Waals surface area contributed by atoms with Crippen LogP contribution < -0.4 is 4.90 Å². The molecular formula is C17H23ClN4O. The Kier molecular flexibility index (Phi) is 5.20. The second-order valence-corrected chi connectivity index (χ2v) is 6.34. The van der Waals surface area contributed by atoms with Gasteiger partial charge in [0.25, 0.3) is 0 Å². The normalized spacial score (nSPS) is 15.4. The molecule has 0 unspecified atom stereocenters. The third-order valence-corrected chi connectivity index (χ3v) is 4.57. The van der Waals surface area contributed by atoms with Gasteiger partial charge < -0.3 is 14.2 Å². The number of halogens is 1. The van der Waals surface area contributed by atoms with Crippen molar-refractivity contribution >= 4 is 17.3 Å². The number of morpholine rings is 1. The van der Waals surface area contributed by atoms with E-state index in [9.17, 15) is 0 Å². The smallest absolute Gasteiger partial charge is 0.128 e. The second-order valence-electron chi connectivity index (χ2n) is 5.96. The summed E-state index contributed by atoms with van der Waals surface area (Å²) >= 11 is 6.06. The lowest BCUT2D eigenvalue weighted by molar-refractivity contribution is 0.122. The van der Waals surface area contributed by atoms with Gasteiger partial charge in [0.1, 0.15) is 11.0 Å². The summed E-state index contributed by atoms with van der Waals surface area (Å²) in [5.41, 5.74) is 2.64. The lowest BCUT2D eigenvalue weighted by Crippen LogP contribution is -2.37. The fraction of sp³-hybridized carbons (Fsp3) is 0.471. The number of anilines is 1. The van der Waals surface area contributed by atoms with Crippen LogP contribution in [0.5, 0.6) is 0 Å². The summed E-state index contributed by atoms with van der Waals surface area (Å²) < 4.78 is 7.38. The average molecular weight is 335 g/mol. The van der Waals surface area contributed by atoms with Gasteiger partial charge in [-0.1, -0.05) is 29.8 Å². The highest BCUT2D eigenvalue weighted by Gasteiger charge is 2.16. The zero-order chi connectivity index (χ0) is 16.2. The number of nitrogens with zero attached hydrogens (tertiary/aromatic N) is 4. The van der Waals surface area contributed by atoms with Crippen LogP contribution in [0.15, 0.2) is 30.5 Å². The van der Waals surface area contributed by atoms with Crippen LogP contribution in [0, 0.1) is 0 Å². The van der Waals surface area contributed by atoms with Crippen molar-refractivity contribution in [2.45, 2.75) is 13.1 Å². The Hall–Kier alpha value is -1.56. The first-order valence-electron chi connectivity index (χ1n) is 7.90. The first-order valence-corrected chi connectivity index (χ1v) is 8.28. The Morgan fingerprint density at radius 1 is 1.22 bits per heavy atom. The highest BCUT2D eigenvalue weighted by atomic mass is 35.5. The van der Waals surface area contributed by atoms with E-state index in [1.807, 2.05) is 11.6 Å². The van der Waals surface area contributed by atoms with Gasteiger partial charge in [-0.15, -0.1) is 0 Å². The van der Waals surface area contributed by atoms with Crippen molar-refractivity contribution in [2.75, 3.05) is 38.3 Å². The maximum atomic E-state index is 6.06. The molecule has 1 aliphatic rings. The van der Waals surface area contributed by atoms with Crippen LogP contribution in [0.1, 0.15) is 11.4 Å². The monoisotopic (exact) mass is 334 g/mol. The molecule has 23 heavy (non-hydrogen) atoms. The Bertz CT molecular complexity index is 652. The number of hydrogen-bond acceptors (Lipinski definition) is 4. The zero-order valence-electron chi connectivity index (χ0n) is 13.7. The van der Waals surface area contributed by atoms with Crippen molar-refractivity contribution in [1.82, 2.24) is 14.5 Å². The summed E-state index contributed by atoms with van der Waals surface area (Å²) in [4.78, 5) is 9.04. The number of ether oxygens (including phenoxy) is 1. The highest BCUT2D eigenvalue weighted by molar-refractivity contribution is 6.29. The molecule has 2 aromatic rings. The largest absolute Gasteiger partial charge is 0.378 e. The van der Waals surface area contributed by atoms with Gasteiger partial charge in [0, 0.05) is 32.4 Å². The predicted molar refractivity (Wildman–Crippen MR) is 92.9 cm³/mol. The lowest BCUT2D eigenvalue weighted by Gasteiger charge is -2.31. The van der Waals surface area contributed by atoms with Gasteiger partial charge in [0.15, 0.2) is 0 Å². The quantitative estimate of drug-likeness (QED) is 0.841. The van der Waals surface area contributed by atoms with Crippen LogP contribution in [0.4, 0.5) is 5.69 Å². The highest BCUT2D eigenvalue weighted by Crippen LogP contribution is 2.23. The van der Waals surface area contributed by atoms with E-state index in [2.05, 4.69) is 46.1 Å². The van der Waals surface area contributed by atoms with Crippen molar-refractivity contribution in [3.8, 4) is 0 Å². The minimum atomic E-state index is 0.669. The van der Waals surface area contributed by atoms with Crippen molar-refractivity contribution in [3.63, 3.8) is 0 Å². The number of benzene rings is 1. The van der Waals surface area contributed by atoms with E-state index in [4.69, 9.17) is 16.3 Å². The zero-order valence-corrected chi connectivity index (χ0v) is 14.5. The maximum absolute atomic E-state index is 6.06. The molecule has 0 bridgehead atoms. The molecule has 5 nitrogen and oxygen atoms in total. The Balaban J connectivity index is 1.70. The topological polar surface area (TPSA) is 33.5 Å². The molecule has 0 atom stereocenters. The first kappa shape index (κ1) is 16.3. The van der Waals surface area contributed by atoms with Crippen LogP contribution in [0.3, 0.4) is 0 Å². The molecule has 6 heteroatoms. The summed E-state index contributed by atoms with van der Waals surface area (Å²) in [6.07, 6.45) is 1.70. The van der Waals surface area contributed by atoms with Crippen LogP contribution in [-0.2, 0) is 24.9 Å². The van der Waals surface area contributed by atoms with E-state index in [-0.39, 0.29) is 0 Å². The molecule has 124 valence electrons. The molecule has 0 radical (unpaired) electrons. The fourth-order valence-corrected chi connectivity index (χ4v) is 3.06. The minimum absolute atomic E-state index is 0.669. The van der Waals surface area contributed by atoms with Crippen molar-refractivity contribution in [1.29, 1.82) is 0 Å². The van der Waals surface area contributed by atoms with E-state index in [0.717, 1.165) is 45.2 Å². The second kappa shape index (κ2) is 7.34. The van der Waals surface area contributed by atoms with E-state index >= 15 is 0 Å². The van der Waals surface area contributed by atoms with Crippen molar-refractivity contribution < 1.29 is 4.74 Å². The third kappa shape index (κ3) is 3.86. The summed E-state index contributed by atoms with van der Waals surface area (Å²) in [5, 5.41) is 0.669. The molecule has 1 fully saturated rings. The van der Waals surface area contributed by atoms with E-state index in [0.29, 0.717) is 5.15 Å². The third-order valence-electron chi connectivity index (χ3n) is 4.22. The number of para-hydroxylation sites is 1. The average Bonchev–Trinajstić information content (AvgIpc) is 2.88. The number of imidazole rings is 1. The fourth-order valence-electron chi connectivity index (χ4n) is 2.92. The number of rotatable bonds is 5. The number of aromatic nitrogens is 2. The van der Waals surface area contributed by atoms with Gasteiger partial charge >= 0.3 is 0 Å². The first-order chi connectivity index (χ1) is 11.1. The van der Waals surface area contributed by atoms with Crippen LogP contribution in [0.2, 0.25) is 5.15 Å². The standard InChI is InChI=1S/C17H23ClN4O/c1-20(13-17-19-11-16(18)21(17)2)12-14-5-3-4-6-15(14)22-7-9-23-10-8-22/h3-6,11H,7-10,12-13H2,1-2H3. The van der Waals surface area contributed by atoms with E-state index in [1.165, 1.54) is 11.3 Å². The van der Waals surface area contributed by atoms with Gasteiger partial charge in [0.2, 0.25) is 0 Å². The van der Waals surface area contributed by atoms with Crippen molar-refractivity contribution in [3.05, 3.63) is 47.0 Å². The summed E-state index contributed by atoms with van der Waals surface area (Å²) in [6, 6.07) is 8.61. The molecular weight excluding hydrogens is 312 g/mol. The molecule has 1 saturated heterocycles. The van der Waals surface area contributed by atoms with E-state index in [1.54, 1.807) is 6.20 Å². The van der Waals surface area contributed by atoms with Crippen LogP contribution in [0.25, 0.3) is 0 Å². The molecule has 1 aromatic carbocycles. The van der Waals surface area contributed by atoms with Gasteiger partial charge in [-0.05, 0) is 18.7 Å². The lowest BCUT2D eigenvalue weighted by atomic mass is 10.1. The predicted octanol–water partition coefficient (Wildman–Crippen LogP) is 2.54. The summed E-state index contributed by atoms with van der Waals surface area (Å²) in [5.74, 6) is 0.973. The maximum Gasteiger partial charge on any atom is 0.128 e. The minimum Gasteiger partial charge on any atom is -0.378 e. The summed E-state index contributed by atoms with van der Waals surface area (Å²) in [7, 11) is 4.05. The summed E-state index contributed by atoms with van der Waals surface area (Å²) in [6.45, 7) is 5.15. The van der Waals surface area contributed by atoms with Gasteiger partial charge in [-0.25, -0.2) is 4.98 Å².